The van der Waals surface area contributed by atoms with Gasteiger partial charge in [0.05, 0.1) is 19.2 Å². The van der Waals surface area contributed by atoms with Gasteiger partial charge in [-0.1, -0.05) is 48.0 Å². The number of rotatable bonds is 7. The number of para-hydroxylation sites is 1. The van der Waals surface area contributed by atoms with E-state index >= 15 is 0 Å². The lowest BCUT2D eigenvalue weighted by molar-refractivity contribution is -0.142. The fraction of sp³-hybridized carbons (Fsp3) is 0.273. The van der Waals surface area contributed by atoms with Gasteiger partial charge in [0.2, 0.25) is 0 Å². The molecular formula is C22H24BrN5O3. The highest BCUT2D eigenvalue weighted by atomic mass is 79.9. The predicted molar refractivity (Wildman–Crippen MR) is 124 cm³/mol. The summed E-state index contributed by atoms with van der Waals surface area (Å²) in [4.78, 5) is 33.5. The number of anilines is 2. The van der Waals surface area contributed by atoms with Crippen LogP contribution in [0.4, 0.5) is 16.3 Å². The van der Waals surface area contributed by atoms with Crippen LogP contribution in [0.2, 0.25) is 0 Å². The Morgan fingerprint density at radius 2 is 1.87 bits per heavy atom. The van der Waals surface area contributed by atoms with Crippen LogP contribution in [0, 0.1) is 5.92 Å². The molecule has 2 amide bonds. The molecule has 0 bridgehead atoms. The molecule has 0 aliphatic carbocycles. The lowest BCUT2D eigenvalue weighted by Gasteiger charge is -2.21. The largest absolute Gasteiger partial charge is 0.467 e. The van der Waals surface area contributed by atoms with Gasteiger partial charge in [-0.05, 0) is 36.2 Å². The van der Waals surface area contributed by atoms with Crippen molar-refractivity contribution >= 4 is 50.3 Å². The highest BCUT2D eigenvalue weighted by molar-refractivity contribution is 9.10. The number of aromatic nitrogens is 2. The van der Waals surface area contributed by atoms with Gasteiger partial charge < -0.3 is 20.7 Å². The Balaban J connectivity index is 1.79. The van der Waals surface area contributed by atoms with Crippen molar-refractivity contribution < 1.29 is 14.3 Å². The molecule has 0 spiro atoms. The molecule has 162 valence electrons. The van der Waals surface area contributed by atoms with Gasteiger partial charge in [-0.15, -0.1) is 0 Å². The number of carbonyl (C=O) groups excluding carboxylic acids is 2. The number of nitrogens with one attached hydrogen (secondary N) is 3. The first kappa shape index (κ1) is 22.5. The second-order valence-corrected chi connectivity index (χ2v) is 8.13. The summed E-state index contributed by atoms with van der Waals surface area (Å²) in [5, 5.41) is 9.49. The summed E-state index contributed by atoms with van der Waals surface area (Å²) in [6.45, 7) is 3.96. The van der Waals surface area contributed by atoms with Crippen LogP contribution in [0.3, 0.4) is 0 Å². The van der Waals surface area contributed by atoms with E-state index in [1.54, 1.807) is 12.1 Å². The number of fused-ring (bicyclic) bond motifs is 1. The van der Waals surface area contributed by atoms with Crippen molar-refractivity contribution in [2.45, 2.75) is 26.4 Å². The number of methoxy groups -OCH3 is 1. The topological polar surface area (TPSA) is 105 Å². The van der Waals surface area contributed by atoms with E-state index in [0.29, 0.717) is 22.8 Å². The van der Waals surface area contributed by atoms with Crippen LogP contribution >= 0.6 is 15.9 Å². The lowest BCUT2D eigenvalue weighted by atomic mass is 10.0. The number of hydrogen-bond donors (Lipinski definition) is 3. The SMILES string of the molecule is COC(=O)C(Nc1nc(CNC(=O)Nc2cccc(Br)c2)nc2ccccc12)C(C)C. The summed E-state index contributed by atoms with van der Waals surface area (Å²) in [5.74, 6) is 0.543. The first-order valence-electron chi connectivity index (χ1n) is 9.78. The minimum atomic E-state index is -0.566. The molecule has 9 heteroatoms. The number of amides is 2. The number of nitrogens with zero attached hydrogens (tertiary/aromatic N) is 2. The summed E-state index contributed by atoms with van der Waals surface area (Å²) in [6, 6.07) is 13.8. The number of esters is 1. The van der Waals surface area contributed by atoms with Crippen molar-refractivity contribution in [3.8, 4) is 0 Å². The van der Waals surface area contributed by atoms with E-state index in [1.807, 2.05) is 50.2 Å². The van der Waals surface area contributed by atoms with Crippen molar-refractivity contribution in [3.63, 3.8) is 0 Å². The molecule has 2 aromatic carbocycles. The molecule has 1 unspecified atom stereocenters. The van der Waals surface area contributed by atoms with E-state index in [2.05, 4.69) is 41.8 Å². The zero-order valence-electron chi connectivity index (χ0n) is 17.5. The molecule has 31 heavy (non-hydrogen) atoms. The van der Waals surface area contributed by atoms with Crippen LogP contribution < -0.4 is 16.0 Å². The standard InChI is InChI=1S/C22H24BrN5O3/c1-13(2)19(21(29)31-3)28-20-16-9-4-5-10-17(16)26-18(27-20)12-24-22(30)25-15-8-6-7-14(23)11-15/h4-11,13,19H,12H2,1-3H3,(H2,24,25,30)(H,26,27,28). The Morgan fingerprint density at radius 1 is 1.10 bits per heavy atom. The molecule has 1 heterocycles. The van der Waals surface area contributed by atoms with Crippen LogP contribution in [0.1, 0.15) is 19.7 Å². The molecule has 3 aromatic rings. The maximum Gasteiger partial charge on any atom is 0.328 e. The Hall–Kier alpha value is -3.20. The summed E-state index contributed by atoms with van der Waals surface area (Å²) in [7, 11) is 1.36. The molecule has 3 N–H and O–H groups in total. The second-order valence-electron chi connectivity index (χ2n) is 7.21. The highest BCUT2D eigenvalue weighted by Gasteiger charge is 2.24. The quantitative estimate of drug-likeness (QED) is 0.430. The van der Waals surface area contributed by atoms with Gasteiger partial charge in [0.25, 0.3) is 0 Å². The average Bonchev–Trinajstić information content (AvgIpc) is 2.75. The van der Waals surface area contributed by atoms with Crippen LogP contribution in [0.5, 0.6) is 0 Å². The Morgan fingerprint density at radius 3 is 2.58 bits per heavy atom. The zero-order valence-corrected chi connectivity index (χ0v) is 19.1. The number of carbonyl (C=O) groups is 2. The molecule has 1 atom stereocenters. The molecule has 0 fully saturated rings. The molecule has 0 saturated heterocycles. The lowest BCUT2D eigenvalue weighted by Crippen LogP contribution is -2.36. The first-order chi connectivity index (χ1) is 14.9. The number of urea groups is 1. The highest BCUT2D eigenvalue weighted by Crippen LogP contribution is 2.22. The maximum absolute atomic E-state index is 12.3. The smallest absolute Gasteiger partial charge is 0.328 e. The zero-order chi connectivity index (χ0) is 22.4. The molecule has 0 saturated carbocycles. The van der Waals surface area contributed by atoms with Crippen LogP contribution in [0.15, 0.2) is 53.0 Å². The molecule has 3 rings (SSSR count). The maximum atomic E-state index is 12.3. The van der Waals surface area contributed by atoms with Crippen LogP contribution in [-0.4, -0.2) is 35.1 Å². The molecule has 8 nitrogen and oxygen atoms in total. The average molecular weight is 486 g/mol. The van der Waals surface area contributed by atoms with Crippen LogP contribution in [0.25, 0.3) is 10.9 Å². The molecule has 0 aliphatic heterocycles. The Labute approximate surface area is 188 Å². The van der Waals surface area contributed by atoms with E-state index in [1.165, 1.54) is 7.11 Å². The van der Waals surface area contributed by atoms with Crippen LogP contribution in [-0.2, 0) is 16.1 Å². The predicted octanol–water partition coefficient (Wildman–Crippen LogP) is 4.32. The van der Waals surface area contributed by atoms with Crippen molar-refractivity contribution in [2.75, 3.05) is 17.7 Å². The summed E-state index contributed by atoms with van der Waals surface area (Å²) in [5.41, 5.74) is 1.36. The number of hydrogen-bond acceptors (Lipinski definition) is 6. The van der Waals surface area contributed by atoms with Crippen molar-refractivity contribution in [3.05, 3.63) is 58.8 Å². The Bertz CT molecular complexity index is 1090. The van der Waals surface area contributed by atoms with Gasteiger partial charge in [-0.25, -0.2) is 19.6 Å². The molecule has 0 aliphatic rings. The van der Waals surface area contributed by atoms with Crippen molar-refractivity contribution in [2.24, 2.45) is 5.92 Å². The fourth-order valence-corrected chi connectivity index (χ4v) is 3.39. The monoisotopic (exact) mass is 485 g/mol. The molecule has 0 radical (unpaired) electrons. The third-order valence-corrected chi connectivity index (χ3v) is 5.05. The number of halogens is 1. The molecular weight excluding hydrogens is 462 g/mol. The number of ether oxygens (including phenoxy) is 1. The number of benzene rings is 2. The van der Waals surface area contributed by atoms with E-state index in [0.717, 1.165) is 9.86 Å². The third kappa shape index (κ3) is 5.91. The Kier molecular flexibility index (Phi) is 7.41. The van der Waals surface area contributed by atoms with E-state index in [9.17, 15) is 9.59 Å². The van der Waals surface area contributed by atoms with Gasteiger partial charge in [-0.2, -0.15) is 0 Å². The van der Waals surface area contributed by atoms with E-state index in [4.69, 9.17) is 4.74 Å². The van der Waals surface area contributed by atoms with Gasteiger partial charge >= 0.3 is 12.0 Å². The minimum Gasteiger partial charge on any atom is -0.467 e. The summed E-state index contributed by atoms with van der Waals surface area (Å²) in [6.07, 6.45) is 0. The fourth-order valence-electron chi connectivity index (χ4n) is 2.99. The first-order valence-corrected chi connectivity index (χ1v) is 10.6. The third-order valence-electron chi connectivity index (χ3n) is 4.55. The van der Waals surface area contributed by atoms with Gasteiger partial charge in [-0.3, -0.25) is 0 Å². The normalized spacial score (nSPS) is 11.8. The van der Waals surface area contributed by atoms with E-state index in [-0.39, 0.29) is 24.5 Å². The summed E-state index contributed by atoms with van der Waals surface area (Å²) >= 11 is 3.37. The van der Waals surface area contributed by atoms with Gasteiger partial charge in [0, 0.05) is 15.5 Å². The van der Waals surface area contributed by atoms with Crippen molar-refractivity contribution in [1.82, 2.24) is 15.3 Å². The van der Waals surface area contributed by atoms with Crippen molar-refractivity contribution in [1.29, 1.82) is 0 Å². The summed E-state index contributed by atoms with van der Waals surface area (Å²) < 4.78 is 5.78. The molecule has 1 aromatic heterocycles. The van der Waals surface area contributed by atoms with Gasteiger partial charge in [0.15, 0.2) is 5.82 Å². The second kappa shape index (κ2) is 10.2. The van der Waals surface area contributed by atoms with E-state index < -0.39 is 6.04 Å². The van der Waals surface area contributed by atoms with Gasteiger partial charge in [0.1, 0.15) is 11.9 Å². The minimum absolute atomic E-state index is 0.0151.